The molecule has 0 N–H and O–H groups in total. The zero-order valence-corrected chi connectivity index (χ0v) is 6.53. The van der Waals surface area contributed by atoms with Gasteiger partial charge in [-0.25, -0.2) is 4.74 Å². The Balaban J connectivity index is 3.02. The van der Waals surface area contributed by atoms with Crippen LogP contribution in [0.15, 0.2) is 0 Å². The van der Waals surface area contributed by atoms with E-state index in [-0.39, 0.29) is 0 Å². The minimum absolute atomic E-state index is 1.09. The molecule has 1 atom stereocenters. The summed E-state index contributed by atoms with van der Waals surface area (Å²) in [4.78, 5) is 0. The van der Waals surface area contributed by atoms with E-state index in [9.17, 15) is 13.2 Å². The van der Waals surface area contributed by atoms with E-state index in [0.717, 1.165) is 13.8 Å². The van der Waals surface area contributed by atoms with Crippen molar-refractivity contribution in [1.82, 2.24) is 0 Å². The molecule has 2 nitrogen and oxygen atoms in total. The van der Waals surface area contributed by atoms with Crippen LogP contribution in [0.5, 0.6) is 0 Å². The molecule has 68 valence electrons. The molecule has 0 aliphatic carbocycles. The minimum atomic E-state index is -3.95. The van der Waals surface area contributed by atoms with Gasteiger partial charge in [-0.15, -0.1) is 15.2 Å². The van der Waals surface area contributed by atoms with E-state index in [2.05, 4.69) is 9.47 Å². The maximum Gasteiger partial charge on any atom is 0.489 e. The average Bonchev–Trinajstić information content (AvgIpc) is 1.98. The Morgan fingerprint density at radius 3 is 1.83 bits per heavy atom. The predicted molar refractivity (Wildman–Crippen MR) is 33.9 cm³/mol. The van der Waals surface area contributed by atoms with Crippen molar-refractivity contribution in [1.29, 1.82) is 0 Å². The van der Waals surface area contributed by atoms with E-state index in [1.807, 2.05) is 0 Å². The highest BCUT2D eigenvalue weighted by Crippen LogP contribution is 2.46. The van der Waals surface area contributed by atoms with Crippen LogP contribution in [0.25, 0.3) is 0 Å². The monoisotopic (exact) mass is 180 g/mol. The second kappa shape index (κ2) is 2.15. The van der Waals surface area contributed by atoms with Crippen molar-refractivity contribution in [2.45, 2.75) is 31.6 Å². The SMILES string of the molecule is C#CC1(F)OC(F)(F)OC1(C)C. The lowest BCUT2D eigenvalue weighted by atomic mass is 10.0. The summed E-state index contributed by atoms with van der Waals surface area (Å²) in [5.74, 6) is -1.39. The van der Waals surface area contributed by atoms with Gasteiger partial charge in [0, 0.05) is 0 Å². The van der Waals surface area contributed by atoms with Crippen LogP contribution in [0.4, 0.5) is 13.2 Å². The summed E-state index contributed by atoms with van der Waals surface area (Å²) in [6.45, 7) is 2.18. The Morgan fingerprint density at radius 2 is 1.67 bits per heavy atom. The number of alkyl halides is 3. The molecular formula is C7H7F3O2. The molecule has 1 aliphatic heterocycles. The van der Waals surface area contributed by atoms with Crippen molar-refractivity contribution >= 4 is 0 Å². The maximum absolute atomic E-state index is 13.3. The fraction of sp³-hybridized carbons (Fsp3) is 0.714. The molecule has 1 fully saturated rings. The zero-order chi connectivity index (χ0) is 9.62. The van der Waals surface area contributed by atoms with E-state index >= 15 is 0 Å². The van der Waals surface area contributed by atoms with Crippen molar-refractivity contribution in [3.05, 3.63) is 0 Å². The Hall–Kier alpha value is -0.730. The number of hydrogen-bond donors (Lipinski definition) is 0. The van der Waals surface area contributed by atoms with Gasteiger partial charge in [0.2, 0.25) is 0 Å². The van der Waals surface area contributed by atoms with Gasteiger partial charge in [0.15, 0.2) is 0 Å². The van der Waals surface area contributed by atoms with Crippen LogP contribution in [0.3, 0.4) is 0 Å². The second-order valence-corrected chi connectivity index (χ2v) is 2.92. The van der Waals surface area contributed by atoms with Gasteiger partial charge in [-0.05, 0) is 19.8 Å². The van der Waals surface area contributed by atoms with E-state index < -0.39 is 17.8 Å². The van der Waals surface area contributed by atoms with Gasteiger partial charge < -0.3 is 0 Å². The van der Waals surface area contributed by atoms with E-state index in [1.165, 1.54) is 5.92 Å². The van der Waals surface area contributed by atoms with Crippen LogP contribution < -0.4 is 0 Å². The van der Waals surface area contributed by atoms with Crippen LogP contribution in [-0.4, -0.2) is 17.8 Å². The standard InChI is InChI=1S/C7H7F3O2/c1-4-6(8)5(2,3)11-7(9,10)12-6/h1H,2-3H3. The van der Waals surface area contributed by atoms with Crippen molar-refractivity contribution in [3.63, 3.8) is 0 Å². The van der Waals surface area contributed by atoms with Gasteiger partial charge >= 0.3 is 12.1 Å². The molecule has 5 heteroatoms. The van der Waals surface area contributed by atoms with Crippen LogP contribution in [0, 0.1) is 12.3 Å². The molecule has 0 radical (unpaired) electrons. The predicted octanol–water partition coefficient (Wildman–Crippen LogP) is 1.66. The molecule has 0 spiro atoms. The third kappa shape index (κ3) is 1.17. The van der Waals surface area contributed by atoms with E-state index in [4.69, 9.17) is 6.42 Å². The van der Waals surface area contributed by atoms with Gasteiger partial charge in [-0.2, -0.15) is 4.39 Å². The van der Waals surface area contributed by atoms with Crippen molar-refractivity contribution in [3.8, 4) is 12.3 Å². The number of ether oxygens (including phenoxy) is 2. The first kappa shape index (κ1) is 9.36. The van der Waals surface area contributed by atoms with Crippen molar-refractivity contribution in [2.75, 3.05) is 0 Å². The van der Waals surface area contributed by atoms with Crippen LogP contribution in [-0.2, 0) is 9.47 Å². The Morgan fingerprint density at radius 1 is 1.17 bits per heavy atom. The van der Waals surface area contributed by atoms with E-state index in [0.29, 0.717) is 0 Å². The molecular weight excluding hydrogens is 173 g/mol. The molecule has 0 aromatic carbocycles. The molecule has 1 rings (SSSR count). The maximum atomic E-state index is 13.3. The van der Waals surface area contributed by atoms with Gasteiger partial charge in [0.1, 0.15) is 5.60 Å². The highest BCUT2D eigenvalue weighted by molar-refractivity contribution is 5.13. The summed E-state index contributed by atoms with van der Waals surface area (Å²) in [6, 6.07) is 0. The number of rotatable bonds is 0. The molecule has 0 saturated carbocycles. The Labute approximate surface area is 67.6 Å². The second-order valence-electron chi connectivity index (χ2n) is 2.92. The van der Waals surface area contributed by atoms with E-state index in [1.54, 1.807) is 0 Å². The number of hydrogen-bond acceptors (Lipinski definition) is 2. The topological polar surface area (TPSA) is 18.5 Å². The normalized spacial score (nSPS) is 37.7. The quantitative estimate of drug-likeness (QED) is 0.528. The smallest absolute Gasteiger partial charge is 0.282 e. The third-order valence-electron chi connectivity index (χ3n) is 1.59. The van der Waals surface area contributed by atoms with Gasteiger partial charge in [0.05, 0.1) is 0 Å². The van der Waals surface area contributed by atoms with Crippen LogP contribution in [0.1, 0.15) is 13.8 Å². The highest BCUT2D eigenvalue weighted by atomic mass is 19.3. The molecule has 12 heavy (non-hydrogen) atoms. The molecule has 1 aliphatic rings. The summed E-state index contributed by atoms with van der Waals surface area (Å²) in [7, 11) is 0. The molecule has 0 amide bonds. The van der Waals surface area contributed by atoms with Crippen LogP contribution in [0.2, 0.25) is 0 Å². The van der Waals surface area contributed by atoms with Crippen molar-refractivity contribution < 1.29 is 22.6 Å². The number of terminal acetylenes is 1. The summed E-state index contributed by atoms with van der Waals surface area (Å²) < 4.78 is 45.5. The molecule has 1 heterocycles. The fourth-order valence-corrected chi connectivity index (χ4v) is 0.873. The lowest BCUT2D eigenvalue weighted by Crippen LogP contribution is -2.42. The molecule has 0 bridgehead atoms. The molecule has 0 aromatic heterocycles. The number of halogens is 3. The first-order valence-electron chi connectivity index (χ1n) is 3.17. The van der Waals surface area contributed by atoms with Crippen LogP contribution >= 0.6 is 0 Å². The summed E-state index contributed by atoms with van der Waals surface area (Å²) in [6.07, 6.45) is 0.748. The lowest BCUT2D eigenvalue weighted by molar-refractivity contribution is -0.366. The lowest BCUT2D eigenvalue weighted by Gasteiger charge is -2.23. The summed E-state index contributed by atoms with van der Waals surface area (Å²) >= 11 is 0. The Bertz CT molecular complexity index is 244. The van der Waals surface area contributed by atoms with Gasteiger partial charge in [-0.3, -0.25) is 4.74 Å². The summed E-state index contributed by atoms with van der Waals surface area (Å²) in [5, 5.41) is 0. The van der Waals surface area contributed by atoms with Gasteiger partial charge in [0.25, 0.3) is 0 Å². The minimum Gasteiger partial charge on any atom is -0.282 e. The summed E-state index contributed by atoms with van der Waals surface area (Å²) in [5.41, 5.74) is -1.84. The zero-order valence-electron chi connectivity index (χ0n) is 6.53. The van der Waals surface area contributed by atoms with Gasteiger partial charge in [-0.1, -0.05) is 0 Å². The highest BCUT2D eigenvalue weighted by Gasteiger charge is 2.65. The largest absolute Gasteiger partial charge is 0.489 e. The molecule has 1 saturated heterocycles. The first-order chi connectivity index (χ1) is 5.22. The Kier molecular flexibility index (Phi) is 1.68. The third-order valence-corrected chi connectivity index (χ3v) is 1.59. The molecule has 1 unspecified atom stereocenters. The molecule has 0 aromatic rings. The average molecular weight is 180 g/mol. The first-order valence-corrected chi connectivity index (χ1v) is 3.17. The fourth-order valence-electron chi connectivity index (χ4n) is 0.873. The van der Waals surface area contributed by atoms with Crippen molar-refractivity contribution in [2.24, 2.45) is 0 Å².